The summed E-state index contributed by atoms with van der Waals surface area (Å²) in [4.78, 5) is 23.5. The minimum atomic E-state index is -0.213. The molecule has 1 amide bonds. The fourth-order valence-corrected chi connectivity index (χ4v) is 2.73. The van der Waals surface area contributed by atoms with E-state index in [2.05, 4.69) is 35.1 Å². The van der Waals surface area contributed by atoms with E-state index in [9.17, 15) is 9.59 Å². The summed E-state index contributed by atoms with van der Waals surface area (Å²) in [6, 6.07) is 4.03. The van der Waals surface area contributed by atoms with Gasteiger partial charge in [-0.25, -0.2) is 0 Å². The van der Waals surface area contributed by atoms with Gasteiger partial charge in [0.05, 0.1) is 6.42 Å². The average Bonchev–Trinajstić information content (AvgIpc) is 2.40. The Morgan fingerprint density at radius 2 is 1.65 bits per heavy atom. The molecule has 0 heterocycles. The van der Waals surface area contributed by atoms with E-state index in [1.807, 2.05) is 19.1 Å². The van der Waals surface area contributed by atoms with Gasteiger partial charge in [-0.05, 0) is 42.5 Å². The minimum Gasteiger partial charge on any atom is -0.325 e. The third kappa shape index (κ3) is 4.75. The monoisotopic (exact) mass is 339 g/mol. The van der Waals surface area contributed by atoms with Crippen molar-refractivity contribution in [1.82, 2.24) is 0 Å². The molecule has 0 saturated carbocycles. The molecule has 0 radical (unpaired) electrons. The Morgan fingerprint density at radius 3 is 2.10 bits per heavy atom. The molecule has 0 fully saturated rings. The molecule has 3 nitrogen and oxygen atoms in total. The van der Waals surface area contributed by atoms with E-state index < -0.39 is 0 Å². The predicted molar refractivity (Wildman–Crippen MR) is 86.1 cm³/mol. The Bertz CT molecular complexity index is 472. The summed E-state index contributed by atoms with van der Waals surface area (Å²) in [5.74, 6) is -0.214. The molecule has 1 N–H and O–H groups in total. The second-order valence-electron chi connectivity index (χ2n) is 4.82. The molecule has 1 rings (SSSR count). The van der Waals surface area contributed by atoms with Gasteiger partial charge in [0.25, 0.3) is 0 Å². The van der Waals surface area contributed by atoms with Crippen LogP contribution in [-0.4, -0.2) is 11.7 Å². The zero-order valence-electron chi connectivity index (χ0n) is 12.4. The molecule has 0 unspecified atom stereocenters. The number of ketones is 1. The zero-order chi connectivity index (χ0) is 15.1. The molecule has 0 atom stereocenters. The highest BCUT2D eigenvalue weighted by molar-refractivity contribution is 9.10. The highest BCUT2D eigenvalue weighted by atomic mass is 79.9. The van der Waals surface area contributed by atoms with E-state index in [1.165, 1.54) is 0 Å². The fraction of sp³-hybridized carbons (Fsp3) is 0.500. The van der Waals surface area contributed by atoms with Crippen molar-refractivity contribution >= 4 is 33.3 Å². The normalized spacial score (nSPS) is 10.4. The molecule has 0 aromatic heterocycles. The van der Waals surface area contributed by atoms with Gasteiger partial charge >= 0.3 is 0 Å². The first-order chi connectivity index (χ1) is 9.51. The number of benzene rings is 1. The van der Waals surface area contributed by atoms with Crippen LogP contribution in [0.1, 0.15) is 51.2 Å². The van der Waals surface area contributed by atoms with Crippen molar-refractivity contribution < 1.29 is 9.59 Å². The van der Waals surface area contributed by atoms with Gasteiger partial charge in [-0.3, -0.25) is 9.59 Å². The van der Waals surface area contributed by atoms with Gasteiger partial charge in [-0.2, -0.15) is 0 Å². The largest absolute Gasteiger partial charge is 0.325 e. The lowest BCUT2D eigenvalue weighted by Crippen LogP contribution is -2.18. The van der Waals surface area contributed by atoms with E-state index in [4.69, 9.17) is 0 Å². The Labute approximate surface area is 129 Å². The number of rotatable bonds is 7. The second kappa shape index (κ2) is 8.20. The number of carbonyl (C=O) groups is 2. The molecule has 110 valence electrons. The SMILES string of the molecule is CCCC(=O)CC(=O)Nc1c(CC)cc(Br)cc1CC. The quantitative estimate of drug-likeness (QED) is 0.754. The Kier molecular flexibility index (Phi) is 6.93. The predicted octanol–water partition coefficient (Wildman–Crippen LogP) is 4.27. The highest BCUT2D eigenvalue weighted by Gasteiger charge is 2.14. The number of halogens is 1. The molecular formula is C16H22BrNO2. The van der Waals surface area contributed by atoms with Crippen molar-refractivity contribution in [1.29, 1.82) is 0 Å². The van der Waals surface area contributed by atoms with Crippen LogP contribution in [0.5, 0.6) is 0 Å². The van der Waals surface area contributed by atoms with Crippen molar-refractivity contribution in [3.8, 4) is 0 Å². The maximum absolute atomic E-state index is 12.0. The summed E-state index contributed by atoms with van der Waals surface area (Å²) < 4.78 is 1.02. The van der Waals surface area contributed by atoms with Gasteiger partial charge in [-0.15, -0.1) is 0 Å². The van der Waals surface area contributed by atoms with Gasteiger partial charge < -0.3 is 5.32 Å². The second-order valence-corrected chi connectivity index (χ2v) is 5.74. The number of nitrogens with one attached hydrogen (secondary N) is 1. The van der Waals surface area contributed by atoms with Crippen LogP contribution in [0.4, 0.5) is 5.69 Å². The zero-order valence-corrected chi connectivity index (χ0v) is 14.0. The molecule has 0 aliphatic rings. The smallest absolute Gasteiger partial charge is 0.231 e. The van der Waals surface area contributed by atoms with Crippen LogP contribution in [0.3, 0.4) is 0 Å². The van der Waals surface area contributed by atoms with Crippen molar-refractivity contribution in [2.45, 2.75) is 52.9 Å². The third-order valence-electron chi connectivity index (χ3n) is 3.18. The Hall–Kier alpha value is -1.16. The molecule has 1 aromatic rings. The van der Waals surface area contributed by atoms with Crippen molar-refractivity contribution in [3.05, 3.63) is 27.7 Å². The summed E-state index contributed by atoms with van der Waals surface area (Å²) in [7, 11) is 0. The maximum atomic E-state index is 12.0. The highest BCUT2D eigenvalue weighted by Crippen LogP contribution is 2.27. The van der Waals surface area contributed by atoms with Gasteiger partial charge in [0.15, 0.2) is 0 Å². The molecule has 0 aliphatic carbocycles. The van der Waals surface area contributed by atoms with Crippen molar-refractivity contribution in [3.63, 3.8) is 0 Å². The van der Waals surface area contributed by atoms with Crippen LogP contribution in [0.2, 0.25) is 0 Å². The van der Waals surface area contributed by atoms with Crippen LogP contribution < -0.4 is 5.32 Å². The van der Waals surface area contributed by atoms with Crippen molar-refractivity contribution in [2.75, 3.05) is 5.32 Å². The maximum Gasteiger partial charge on any atom is 0.231 e. The number of aryl methyl sites for hydroxylation is 2. The molecule has 1 aromatic carbocycles. The number of Topliss-reactive ketones (excluding diaryl/α,β-unsaturated/α-hetero) is 1. The number of carbonyl (C=O) groups excluding carboxylic acids is 2. The van der Waals surface area contributed by atoms with Crippen LogP contribution in [-0.2, 0) is 22.4 Å². The van der Waals surface area contributed by atoms with Crippen LogP contribution in [0, 0.1) is 0 Å². The summed E-state index contributed by atoms with van der Waals surface area (Å²) >= 11 is 3.49. The number of hydrogen-bond donors (Lipinski definition) is 1. The molecule has 0 aliphatic heterocycles. The first kappa shape index (κ1) is 16.9. The van der Waals surface area contributed by atoms with Crippen LogP contribution in [0.25, 0.3) is 0 Å². The first-order valence-electron chi connectivity index (χ1n) is 7.14. The third-order valence-corrected chi connectivity index (χ3v) is 3.64. The Balaban J connectivity index is 2.90. The summed E-state index contributed by atoms with van der Waals surface area (Å²) in [5.41, 5.74) is 3.05. The molecule has 0 saturated heterocycles. The lowest BCUT2D eigenvalue weighted by atomic mass is 10.0. The van der Waals surface area contributed by atoms with Crippen molar-refractivity contribution in [2.24, 2.45) is 0 Å². The molecule has 20 heavy (non-hydrogen) atoms. The average molecular weight is 340 g/mol. The number of hydrogen-bond acceptors (Lipinski definition) is 2. The van der Waals surface area contributed by atoms with Gasteiger partial charge in [-0.1, -0.05) is 36.7 Å². The van der Waals surface area contributed by atoms with E-state index in [0.29, 0.717) is 6.42 Å². The molecule has 0 spiro atoms. The van der Waals surface area contributed by atoms with Gasteiger partial charge in [0.2, 0.25) is 5.91 Å². The standard InChI is InChI=1S/C16H22BrNO2/c1-4-7-14(19)10-15(20)18-16-11(5-2)8-13(17)9-12(16)6-3/h8-9H,4-7,10H2,1-3H3,(H,18,20). The molecule has 0 bridgehead atoms. The van der Waals surface area contributed by atoms with Crippen LogP contribution in [0.15, 0.2) is 16.6 Å². The first-order valence-corrected chi connectivity index (χ1v) is 7.93. The van der Waals surface area contributed by atoms with E-state index in [-0.39, 0.29) is 18.1 Å². The summed E-state index contributed by atoms with van der Waals surface area (Å²) in [6.45, 7) is 6.05. The lowest BCUT2D eigenvalue weighted by molar-refractivity contribution is -0.125. The summed E-state index contributed by atoms with van der Waals surface area (Å²) in [6.07, 6.45) is 2.89. The number of amides is 1. The molecular weight excluding hydrogens is 318 g/mol. The summed E-state index contributed by atoms with van der Waals surface area (Å²) in [5, 5.41) is 2.92. The van der Waals surface area contributed by atoms with E-state index in [1.54, 1.807) is 0 Å². The van der Waals surface area contributed by atoms with Gasteiger partial charge in [0, 0.05) is 16.6 Å². The Morgan fingerprint density at radius 1 is 1.10 bits per heavy atom. The fourth-order valence-electron chi connectivity index (χ4n) is 2.17. The number of anilines is 1. The van der Waals surface area contributed by atoms with E-state index in [0.717, 1.165) is 40.5 Å². The van der Waals surface area contributed by atoms with E-state index >= 15 is 0 Å². The lowest BCUT2D eigenvalue weighted by Gasteiger charge is -2.15. The minimum absolute atomic E-state index is 0.00166. The van der Waals surface area contributed by atoms with Gasteiger partial charge in [0.1, 0.15) is 5.78 Å². The molecule has 4 heteroatoms. The topological polar surface area (TPSA) is 46.2 Å². The van der Waals surface area contributed by atoms with Crippen LogP contribution >= 0.6 is 15.9 Å².